The highest BCUT2D eigenvalue weighted by Crippen LogP contribution is 2.25. The monoisotopic (exact) mass is 270 g/mol. The highest BCUT2D eigenvalue weighted by molar-refractivity contribution is 7.99. The van der Waals surface area contributed by atoms with Gasteiger partial charge in [0, 0.05) is 18.5 Å². The molecule has 0 saturated heterocycles. The van der Waals surface area contributed by atoms with Crippen LogP contribution in [0, 0.1) is 0 Å². The molecule has 2 rings (SSSR count). The van der Waals surface area contributed by atoms with E-state index in [4.69, 9.17) is 11.6 Å². The lowest BCUT2D eigenvalue weighted by Crippen LogP contribution is -1.90. The van der Waals surface area contributed by atoms with Crippen molar-refractivity contribution in [2.45, 2.75) is 15.3 Å². The van der Waals surface area contributed by atoms with E-state index < -0.39 is 0 Å². The zero-order chi connectivity index (χ0) is 11.4. The molecule has 0 unspecified atom stereocenters. The second-order valence-corrected chi connectivity index (χ2v) is 4.80. The smallest absolute Gasteiger partial charge is 0.193 e. The Morgan fingerprint density at radius 1 is 1.12 bits per heavy atom. The third-order valence-electron chi connectivity index (χ3n) is 1.57. The quantitative estimate of drug-likeness (QED) is 0.486. The summed E-state index contributed by atoms with van der Waals surface area (Å²) >= 11 is 8.68. The zero-order valence-electron chi connectivity index (χ0n) is 8.29. The molecule has 0 aliphatic rings. The molecule has 4 nitrogen and oxygen atoms in total. The molecule has 0 N–H and O–H groups in total. The first kappa shape index (κ1) is 11.6. The molecular weight excluding hydrogens is 264 g/mol. The van der Waals surface area contributed by atoms with Crippen molar-refractivity contribution >= 4 is 35.1 Å². The Morgan fingerprint density at radius 3 is 2.56 bits per heavy atom. The van der Waals surface area contributed by atoms with Crippen LogP contribution in [0.15, 0.2) is 39.9 Å². The summed E-state index contributed by atoms with van der Waals surface area (Å²) in [6, 6.07) is 3.46. The summed E-state index contributed by atoms with van der Waals surface area (Å²) in [7, 11) is 0. The van der Waals surface area contributed by atoms with Gasteiger partial charge < -0.3 is 0 Å². The molecule has 0 amide bonds. The van der Waals surface area contributed by atoms with Crippen LogP contribution in [-0.2, 0) is 0 Å². The Kier molecular flexibility index (Phi) is 3.98. The highest BCUT2D eigenvalue weighted by Gasteiger charge is 2.05. The first-order chi connectivity index (χ1) is 7.78. The van der Waals surface area contributed by atoms with Crippen LogP contribution in [0.25, 0.3) is 0 Å². The lowest BCUT2D eigenvalue weighted by atomic mass is 10.7. The second kappa shape index (κ2) is 5.47. The van der Waals surface area contributed by atoms with Gasteiger partial charge in [0.15, 0.2) is 10.3 Å². The Balaban J connectivity index is 2.24. The number of halogens is 1. The van der Waals surface area contributed by atoms with Gasteiger partial charge >= 0.3 is 0 Å². The van der Waals surface area contributed by atoms with Crippen molar-refractivity contribution in [3.8, 4) is 0 Å². The van der Waals surface area contributed by atoms with Crippen LogP contribution in [0.2, 0.25) is 5.15 Å². The van der Waals surface area contributed by atoms with Gasteiger partial charge in [0.25, 0.3) is 0 Å². The molecule has 0 aliphatic heterocycles. The van der Waals surface area contributed by atoms with Crippen molar-refractivity contribution in [3.63, 3.8) is 0 Å². The Bertz CT molecular complexity index is 480. The molecule has 2 heterocycles. The van der Waals surface area contributed by atoms with Gasteiger partial charge in [-0.1, -0.05) is 23.4 Å². The number of nitrogens with zero attached hydrogens (tertiary/aromatic N) is 4. The maximum Gasteiger partial charge on any atom is 0.193 e. The fraction of sp³-hybridized carbons (Fsp3) is 0.111. The lowest BCUT2D eigenvalue weighted by molar-refractivity contribution is 0.885. The molecule has 0 saturated carbocycles. The predicted molar refractivity (Wildman–Crippen MR) is 65.0 cm³/mol. The fourth-order valence-electron chi connectivity index (χ4n) is 0.952. The van der Waals surface area contributed by atoms with Gasteiger partial charge in [-0.15, -0.1) is 0 Å². The Hall–Kier alpha value is -0.850. The van der Waals surface area contributed by atoms with Gasteiger partial charge in [0.1, 0.15) is 10.2 Å². The molecular formula is C9H7ClN4S2. The standard InChI is InChI=1S/C9H7ClN4S2/c1-15-9-13-6(10)5-7(14-9)16-8-11-3-2-4-12-8/h2-5H,1H3. The minimum absolute atomic E-state index is 0.429. The van der Waals surface area contributed by atoms with E-state index in [1.807, 2.05) is 6.26 Å². The van der Waals surface area contributed by atoms with Crippen molar-refractivity contribution < 1.29 is 0 Å². The third kappa shape index (κ3) is 3.07. The molecule has 0 bridgehead atoms. The second-order valence-electron chi connectivity index (χ2n) is 2.65. The molecule has 0 spiro atoms. The zero-order valence-corrected chi connectivity index (χ0v) is 10.7. The molecule has 0 radical (unpaired) electrons. The number of rotatable bonds is 3. The molecule has 82 valence electrons. The number of hydrogen-bond donors (Lipinski definition) is 0. The Morgan fingerprint density at radius 2 is 1.88 bits per heavy atom. The minimum Gasteiger partial charge on any atom is -0.231 e. The van der Waals surface area contributed by atoms with Crippen molar-refractivity contribution in [1.82, 2.24) is 19.9 Å². The van der Waals surface area contributed by atoms with Crippen LogP contribution in [0.4, 0.5) is 0 Å². The van der Waals surface area contributed by atoms with E-state index in [1.165, 1.54) is 23.5 Å². The summed E-state index contributed by atoms with van der Waals surface area (Å²) < 4.78 is 0. The van der Waals surface area contributed by atoms with Crippen molar-refractivity contribution in [3.05, 3.63) is 29.7 Å². The molecule has 0 atom stereocenters. The molecule has 0 aliphatic carbocycles. The van der Waals surface area contributed by atoms with E-state index >= 15 is 0 Å². The summed E-state index contributed by atoms with van der Waals surface area (Å²) in [6.45, 7) is 0. The third-order valence-corrected chi connectivity index (χ3v) is 3.12. The van der Waals surface area contributed by atoms with Crippen LogP contribution in [0.5, 0.6) is 0 Å². The van der Waals surface area contributed by atoms with Crippen molar-refractivity contribution in [2.24, 2.45) is 0 Å². The largest absolute Gasteiger partial charge is 0.231 e. The van der Waals surface area contributed by atoms with Gasteiger partial charge in [0.05, 0.1) is 0 Å². The van der Waals surface area contributed by atoms with E-state index in [0.717, 1.165) is 5.03 Å². The SMILES string of the molecule is CSc1nc(Cl)cc(Sc2ncccn2)n1. The first-order valence-electron chi connectivity index (χ1n) is 4.31. The van der Waals surface area contributed by atoms with Crippen molar-refractivity contribution in [2.75, 3.05) is 6.26 Å². The van der Waals surface area contributed by atoms with E-state index in [-0.39, 0.29) is 0 Å². The topological polar surface area (TPSA) is 51.6 Å². The summed E-state index contributed by atoms with van der Waals surface area (Å²) in [6.07, 6.45) is 5.28. The van der Waals surface area contributed by atoms with E-state index in [9.17, 15) is 0 Å². The molecule has 2 aromatic rings. The number of thioether (sulfide) groups is 1. The minimum atomic E-state index is 0.429. The molecule has 7 heteroatoms. The van der Waals surface area contributed by atoms with E-state index in [0.29, 0.717) is 15.5 Å². The lowest BCUT2D eigenvalue weighted by Gasteiger charge is -2.01. The van der Waals surface area contributed by atoms with Crippen LogP contribution in [0.1, 0.15) is 0 Å². The average Bonchev–Trinajstić information content (AvgIpc) is 2.29. The van der Waals surface area contributed by atoms with Gasteiger partial charge in [0.2, 0.25) is 0 Å². The van der Waals surface area contributed by atoms with Crippen molar-refractivity contribution in [1.29, 1.82) is 0 Å². The van der Waals surface area contributed by atoms with Gasteiger partial charge in [-0.05, 0) is 24.1 Å². The van der Waals surface area contributed by atoms with E-state index in [2.05, 4.69) is 19.9 Å². The summed E-state index contributed by atoms with van der Waals surface area (Å²) in [5.74, 6) is 0. The number of hydrogen-bond acceptors (Lipinski definition) is 6. The maximum atomic E-state index is 5.88. The summed E-state index contributed by atoms with van der Waals surface area (Å²) in [5, 5.41) is 2.46. The molecule has 0 aromatic carbocycles. The molecule has 2 aromatic heterocycles. The fourth-order valence-corrected chi connectivity index (χ4v) is 2.40. The summed E-state index contributed by atoms with van der Waals surface area (Å²) in [5.41, 5.74) is 0. The Labute approximate surface area is 106 Å². The normalized spacial score (nSPS) is 10.4. The molecule has 0 fully saturated rings. The maximum absolute atomic E-state index is 5.88. The van der Waals surface area contributed by atoms with Gasteiger partial charge in [-0.25, -0.2) is 19.9 Å². The summed E-state index contributed by atoms with van der Waals surface area (Å²) in [4.78, 5) is 16.6. The van der Waals surface area contributed by atoms with Gasteiger partial charge in [-0.3, -0.25) is 0 Å². The van der Waals surface area contributed by atoms with Crippen LogP contribution >= 0.6 is 35.1 Å². The number of aromatic nitrogens is 4. The highest BCUT2D eigenvalue weighted by atomic mass is 35.5. The molecule has 16 heavy (non-hydrogen) atoms. The van der Waals surface area contributed by atoms with Crippen LogP contribution in [0.3, 0.4) is 0 Å². The van der Waals surface area contributed by atoms with Crippen LogP contribution in [-0.4, -0.2) is 26.2 Å². The average molecular weight is 271 g/mol. The van der Waals surface area contributed by atoms with Gasteiger partial charge in [-0.2, -0.15) is 0 Å². The van der Waals surface area contributed by atoms with E-state index in [1.54, 1.807) is 24.5 Å². The first-order valence-corrected chi connectivity index (χ1v) is 6.73. The predicted octanol–water partition coefficient (Wildman–Crippen LogP) is 2.79. The van der Waals surface area contributed by atoms with Crippen LogP contribution < -0.4 is 0 Å².